The van der Waals surface area contributed by atoms with Gasteiger partial charge in [0, 0.05) is 0 Å². The molecule has 1 heterocycles. The fourth-order valence-corrected chi connectivity index (χ4v) is 2.16. The van der Waals surface area contributed by atoms with Crippen molar-refractivity contribution < 1.29 is 8.42 Å². The second-order valence-electron chi connectivity index (χ2n) is 3.37. The van der Waals surface area contributed by atoms with Crippen LogP contribution in [0, 0.1) is 5.92 Å². The lowest BCUT2D eigenvalue weighted by Crippen LogP contribution is -2.31. The van der Waals surface area contributed by atoms with E-state index in [1.807, 2.05) is 0 Å². The highest BCUT2D eigenvalue weighted by molar-refractivity contribution is 7.89. The lowest BCUT2D eigenvalue weighted by molar-refractivity contribution is 0.369. The topological polar surface area (TPSA) is 72.2 Å². The Morgan fingerprint density at radius 1 is 1.50 bits per heavy atom. The number of rotatable bonds is 3. The van der Waals surface area contributed by atoms with Gasteiger partial charge in [0.05, 0.1) is 5.75 Å². The summed E-state index contributed by atoms with van der Waals surface area (Å²) in [6.07, 6.45) is 2.98. The highest BCUT2D eigenvalue weighted by atomic mass is 32.2. The average Bonchev–Trinajstić information content (AvgIpc) is 2.02. The second kappa shape index (κ2) is 4.20. The van der Waals surface area contributed by atoms with Crippen LogP contribution in [0.2, 0.25) is 0 Å². The van der Waals surface area contributed by atoms with Crippen LogP contribution in [0.1, 0.15) is 19.3 Å². The van der Waals surface area contributed by atoms with Crippen LogP contribution in [-0.2, 0) is 10.0 Å². The molecule has 1 aliphatic heterocycles. The molecule has 0 aliphatic carbocycles. The summed E-state index contributed by atoms with van der Waals surface area (Å²) in [4.78, 5) is 0. The summed E-state index contributed by atoms with van der Waals surface area (Å²) >= 11 is 0. The molecule has 4 nitrogen and oxygen atoms in total. The van der Waals surface area contributed by atoms with Crippen molar-refractivity contribution in [1.82, 2.24) is 5.32 Å². The van der Waals surface area contributed by atoms with E-state index in [0.717, 1.165) is 25.9 Å². The van der Waals surface area contributed by atoms with E-state index in [0.29, 0.717) is 12.3 Å². The van der Waals surface area contributed by atoms with Gasteiger partial charge in [-0.3, -0.25) is 0 Å². The van der Waals surface area contributed by atoms with Crippen molar-refractivity contribution in [3.8, 4) is 0 Å². The number of sulfonamides is 1. The Balaban J connectivity index is 2.22. The second-order valence-corrected chi connectivity index (χ2v) is 5.10. The maximum atomic E-state index is 10.6. The van der Waals surface area contributed by atoms with E-state index in [9.17, 15) is 8.42 Å². The Hall–Kier alpha value is -0.130. The van der Waals surface area contributed by atoms with E-state index >= 15 is 0 Å². The maximum absolute atomic E-state index is 10.6. The van der Waals surface area contributed by atoms with Crippen LogP contribution in [-0.4, -0.2) is 27.3 Å². The zero-order chi connectivity index (χ0) is 9.03. The van der Waals surface area contributed by atoms with Crippen molar-refractivity contribution in [2.75, 3.05) is 18.8 Å². The molecule has 1 aliphatic rings. The van der Waals surface area contributed by atoms with Crippen LogP contribution in [0.25, 0.3) is 0 Å². The normalized spacial score (nSPS) is 25.6. The SMILES string of the molecule is NS(=O)(=O)CCC1CCCNC1. The molecule has 0 aromatic rings. The molecule has 0 saturated carbocycles. The number of hydrogen-bond acceptors (Lipinski definition) is 3. The van der Waals surface area contributed by atoms with E-state index in [2.05, 4.69) is 5.32 Å². The summed E-state index contributed by atoms with van der Waals surface area (Å²) in [5.74, 6) is 0.622. The van der Waals surface area contributed by atoms with Gasteiger partial charge in [-0.1, -0.05) is 0 Å². The molecule has 0 amide bonds. The smallest absolute Gasteiger partial charge is 0.209 e. The van der Waals surface area contributed by atoms with Crippen molar-refractivity contribution >= 4 is 10.0 Å². The molecule has 0 radical (unpaired) electrons. The molecule has 1 fully saturated rings. The number of piperidine rings is 1. The minimum absolute atomic E-state index is 0.124. The molecule has 5 heteroatoms. The number of nitrogens with one attached hydrogen (secondary N) is 1. The molecule has 3 N–H and O–H groups in total. The van der Waals surface area contributed by atoms with Crippen molar-refractivity contribution in [2.24, 2.45) is 11.1 Å². The minimum atomic E-state index is -3.25. The minimum Gasteiger partial charge on any atom is -0.316 e. The Morgan fingerprint density at radius 3 is 2.75 bits per heavy atom. The first-order valence-corrected chi connectivity index (χ1v) is 6.00. The van der Waals surface area contributed by atoms with Gasteiger partial charge < -0.3 is 5.32 Å². The van der Waals surface area contributed by atoms with Crippen LogP contribution < -0.4 is 10.5 Å². The molecule has 1 saturated heterocycles. The number of hydrogen-bond donors (Lipinski definition) is 2. The van der Waals surface area contributed by atoms with Gasteiger partial charge in [0.2, 0.25) is 10.0 Å². The van der Waals surface area contributed by atoms with Crippen LogP contribution >= 0.6 is 0 Å². The summed E-state index contributed by atoms with van der Waals surface area (Å²) in [7, 11) is -3.25. The standard InChI is InChI=1S/C7H16N2O2S/c8-12(10,11)5-3-7-2-1-4-9-6-7/h7,9H,1-6H2,(H2,8,10,11). The van der Waals surface area contributed by atoms with Crippen molar-refractivity contribution in [3.05, 3.63) is 0 Å². The zero-order valence-corrected chi connectivity index (χ0v) is 7.94. The Kier molecular flexibility index (Phi) is 3.49. The molecule has 12 heavy (non-hydrogen) atoms. The van der Waals surface area contributed by atoms with Gasteiger partial charge in [0.15, 0.2) is 0 Å². The monoisotopic (exact) mass is 192 g/mol. The van der Waals surface area contributed by atoms with Gasteiger partial charge in [-0.05, 0) is 38.3 Å². The summed E-state index contributed by atoms with van der Waals surface area (Å²) in [6.45, 7) is 2.00. The molecule has 0 bridgehead atoms. The predicted octanol–water partition coefficient (Wildman–Crippen LogP) is -0.335. The van der Waals surface area contributed by atoms with Crippen LogP contribution in [0.3, 0.4) is 0 Å². The first-order valence-electron chi connectivity index (χ1n) is 4.29. The number of nitrogens with two attached hydrogens (primary N) is 1. The maximum Gasteiger partial charge on any atom is 0.209 e. The molecule has 0 aromatic heterocycles. The van der Waals surface area contributed by atoms with Gasteiger partial charge in [-0.2, -0.15) is 0 Å². The molecular formula is C7H16N2O2S. The average molecular weight is 192 g/mol. The van der Waals surface area contributed by atoms with E-state index in [4.69, 9.17) is 5.14 Å². The molecule has 1 atom stereocenters. The van der Waals surface area contributed by atoms with Gasteiger partial charge in [0.1, 0.15) is 0 Å². The summed E-state index contributed by atoms with van der Waals surface area (Å²) in [5, 5.41) is 8.14. The van der Waals surface area contributed by atoms with E-state index < -0.39 is 10.0 Å². The Bertz CT molecular complexity index is 220. The van der Waals surface area contributed by atoms with Crippen molar-refractivity contribution in [2.45, 2.75) is 19.3 Å². The summed E-state index contributed by atoms with van der Waals surface area (Å²) in [5.41, 5.74) is 0. The fraction of sp³-hybridized carbons (Fsp3) is 1.00. The highest BCUT2D eigenvalue weighted by Crippen LogP contribution is 2.13. The molecule has 1 rings (SSSR count). The third-order valence-electron chi connectivity index (χ3n) is 2.21. The number of primary sulfonamides is 1. The summed E-state index contributed by atoms with van der Waals surface area (Å²) < 4.78 is 21.3. The van der Waals surface area contributed by atoms with E-state index in [1.54, 1.807) is 0 Å². The third kappa shape index (κ3) is 4.04. The first-order chi connectivity index (χ1) is 5.58. The van der Waals surface area contributed by atoms with Gasteiger partial charge in [-0.15, -0.1) is 0 Å². The van der Waals surface area contributed by atoms with Crippen LogP contribution in [0.4, 0.5) is 0 Å². The third-order valence-corrected chi connectivity index (χ3v) is 3.01. The van der Waals surface area contributed by atoms with E-state index in [-0.39, 0.29) is 5.75 Å². The fourth-order valence-electron chi connectivity index (χ4n) is 1.50. The van der Waals surface area contributed by atoms with Crippen molar-refractivity contribution in [1.29, 1.82) is 0 Å². The predicted molar refractivity (Wildman–Crippen MR) is 48.2 cm³/mol. The first kappa shape index (κ1) is 9.95. The largest absolute Gasteiger partial charge is 0.316 e. The highest BCUT2D eigenvalue weighted by Gasteiger charge is 2.14. The molecule has 0 aromatic carbocycles. The van der Waals surface area contributed by atoms with Crippen LogP contribution in [0.15, 0.2) is 0 Å². The van der Waals surface area contributed by atoms with Gasteiger partial charge in [-0.25, -0.2) is 13.6 Å². The van der Waals surface area contributed by atoms with Crippen LogP contribution in [0.5, 0.6) is 0 Å². The van der Waals surface area contributed by atoms with Gasteiger partial charge >= 0.3 is 0 Å². The quantitative estimate of drug-likeness (QED) is 0.643. The molecule has 0 spiro atoms. The molecule has 1 unspecified atom stereocenters. The molecule has 72 valence electrons. The Labute approximate surface area is 73.6 Å². The molecular weight excluding hydrogens is 176 g/mol. The lowest BCUT2D eigenvalue weighted by atomic mass is 9.97. The van der Waals surface area contributed by atoms with E-state index in [1.165, 1.54) is 0 Å². The van der Waals surface area contributed by atoms with Gasteiger partial charge in [0.25, 0.3) is 0 Å². The Morgan fingerprint density at radius 2 is 2.25 bits per heavy atom. The summed E-state index contributed by atoms with van der Waals surface area (Å²) in [6, 6.07) is 0. The zero-order valence-electron chi connectivity index (χ0n) is 7.12. The van der Waals surface area contributed by atoms with Crippen molar-refractivity contribution in [3.63, 3.8) is 0 Å². The lowest BCUT2D eigenvalue weighted by Gasteiger charge is -2.21.